The lowest BCUT2D eigenvalue weighted by atomic mass is 10.2. The van der Waals surface area contributed by atoms with Crippen LogP contribution in [0.3, 0.4) is 0 Å². The van der Waals surface area contributed by atoms with Gasteiger partial charge in [0.1, 0.15) is 11.4 Å². The molecule has 1 fully saturated rings. The second-order valence-electron chi connectivity index (χ2n) is 5.09. The van der Waals surface area contributed by atoms with Crippen molar-refractivity contribution in [3.63, 3.8) is 0 Å². The van der Waals surface area contributed by atoms with Crippen molar-refractivity contribution in [3.05, 3.63) is 0 Å². The summed E-state index contributed by atoms with van der Waals surface area (Å²) in [7, 11) is -4.58. The van der Waals surface area contributed by atoms with Crippen LogP contribution in [-0.4, -0.2) is 31.4 Å². The maximum atomic E-state index is 12.5. The molecule has 16 heavy (non-hydrogen) atoms. The van der Waals surface area contributed by atoms with E-state index in [2.05, 4.69) is 5.32 Å². The van der Waals surface area contributed by atoms with Gasteiger partial charge in [0, 0.05) is 0 Å². The summed E-state index contributed by atoms with van der Waals surface area (Å²) in [6, 6.07) is 0. The smallest absolute Gasteiger partial charge is 0.408 e. The maximum absolute atomic E-state index is 12.5. The maximum Gasteiger partial charge on any atom is 0.408 e. The second kappa shape index (κ2) is 3.87. The van der Waals surface area contributed by atoms with Gasteiger partial charge in [-0.1, -0.05) is 0 Å². The zero-order valence-corrected chi connectivity index (χ0v) is 10.4. The van der Waals surface area contributed by atoms with Crippen molar-refractivity contribution in [2.45, 2.75) is 44.8 Å². The Hall–Kier alpha value is -0.850. The van der Waals surface area contributed by atoms with Gasteiger partial charge >= 0.3 is 16.3 Å². The molecular formula is C9H16FNO4S. The largest absolute Gasteiger partial charge is 0.444 e. The van der Waals surface area contributed by atoms with Gasteiger partial charge in [-0.25, -0.2) is 4.79 Å². The van der Waals surface area contributed by atoms with E-state index in [0.29, 0.717) is 12.8 Å². The van der Waals surface area contributed by atoms with E-state index < -0.39 is 33.2 Å². The average molecular weight is 253 g/mol. The third-order valence-electron chi connectivity index (χ3n) is 2.07. The number of hydrogen-bond donors (Lipinski definition) is 1. The Labute approximate surface area is 94.6 Å². The van der Waals surface area contributed by atoms with Gasteiger partial charge < -0.3 is 10.1 Å². The molecule has 1 aliphatic carbocycles. The average Bonchev–Trinajstić information content (AvgIpc) is 2.58. The minimum absolute atomic E-state index is 0.454. The van der Waals surface area contributed by atoms with Crippen LogP contribution in [0.1, 0.15) is 33.6 Å². The monoisotopic (exact) mass is 253 g/mol. The summed E-state index contributed by atoms with van der Waals surface area (Å²) in [6.45, 7) is 5.08. The number of carbonyl (C=O) groups is 1. The van der Waals surface area contributed by atoms with Crippen molar-refractivity contribution in [2.75, 3.05) is 5.75 Å². The number of alkyl carbamates (subject to hydrolysis) is 1. The number of hydrogen-bond acceptors (Lipinski definition) is 4. The highest BCUT2D eigenvalue weighted by Gasteiger charge is 2.48. The molecule has 0 aliphatic heterocycles. The van der Waals surface area contributed by atoms with Gasteiger partial charge in [-0.2, -0.15) is 8.42 Å². The van der Waals surface area contributed by atoms with Crippen LogP contribution in [0, 0.1) is 0 Å². The van der Waals surface area contributed by atoms with Gasteiger partial charge in [-0.15, -0.1) is 3.89 Å². The fourth-order valence-corrected chi connectivity index (χ4v) is 2.33. The Balaban J connectivity index is 2.52. The van der Waals surface area contributed by atoms with Gasteiger partial charge in [0.25, 0.3) is 0 Å². The normalized spacial score (nSPS) is 19.0. The first-order chi connectivity index (χ1) is 7.02. The van der Waals surface area contributed by atoms with Crippen molar-refractivity contribution in [3.8, 4) is 0 Å². The number of nitrogens with one attached hydrogen (secondary N) is 1. The molecule has 0 aromatic carbocycles. The molecule has 0 radical (unpaired) electrons. The van der Waals surface area contributed by atoms with Crippen LogP contribution >= 0.6 is 0 Å². The Morgan fingerprint density at radius 2 is 1.94 bits per heavy atom. The van der Waals surface area contributed by atoms with Crippen molar-refractivity contribution >= 4 is 16.3 Å². The molecule has 0 saturated heterocycles. The molecule has 94 valence electrons. The summed E-state index contributed by atoms with van der Waals surface area (Å²) >= 11 is 0. The van der Waals surface area contributed by atoms with Crippen molar-refractivity contribution < 1.29 is 21.8 Å². The van der Waals surface area contributed by atoms with Crippen molar-refractivity contribution in [1.82, 2.24) is 5.32 Å². The van der Waals surface area contributed by atoms with Crippen LogP contribution in [0.5, 0.6) is 0 Å². The molecule has 0 aromatic heterocycles. The van der Waals surface area contributed by atoms with E-state index in [9.17, 15) is 17.1 Å². The zero-order chi connectivity index (χ0) is 12.6. The van der Waals surface area contributed by atoms with Crippen LogP contribution < -0.4 is 5.32 Å². The van der Waals surface area contributed by atoms with E-state index in [0.717, 1.165) is 0 Å². The highest BCUT2D eigenvalue weighted by molar-refractivity contribution is 7.86. The topological polar surface area (TPSA) is 72.5 Å². The Kier molecular flexibility index (Phi) is 3.20. The summed E-state index contributed by atoms with van der Waals surface area (Å²) in [5.74, 6) is -0.681. The standard InChI is InChI=1S/C9H16FNO4S/c1-8(2,3)15-7(12)11-9(4-5-9)6-16(10,13)14/h4-6H2,1-3H3,(H,11,12). The van der Waals surface area contributed by atoms with Crippen LogP contribution in [0.2, 0.25) is 0 Å². The molecule has 1 saturated carbocycles. The zero-order valence-electron chi connectivity index (χ0n) is 9.54. The number of halogens is 1. The van der Waals surface area contributed by atoms with Gasteiger partial charge in [-0.3, -0.25) is 0 Å². The summed E-state index contributed by atoms with van der Waals surface area (Å²) in [4.78, 5) is 11.3. The summed E-state index contributed by atoms with van der Waals surface area (Å²) in [6.07, 6.45) is 0.193. The van der Waals surface area contributed by atoms with E-state index in [-0.39, 0.29) is 0 Å². The second-order valence-corrected chi connectivity index (χ2v) is 6.46. The van der Waals surface area contributed by atoms with Gasteiger partial charge in [0.05, 0.1) is 5.54 Å². The quantitative estimate of drug-likeness (QED) is 0.770. The predicted molar refractivity (Wildman–Crippen MR) is 56.2 cm³/mol. The fraction of sp³-hybridized carbons (Fsp3) is 0.889. The first-order valence-electron chi connectivity index (χ1n) is 4.95. The summed E-state index contributed by atoms with van der Waals surface area (Å²) < 4.78 is 38.4. The van der Waals surface area contributed by atoms with Gasteiger partial charge in [0.2, 0.25) is 0 Å². The predicted octanol–water partition coefficient (Wildman–Crippen LogP) is 1.34. The van der Waals surface area contributed by atoms with Gasteiger partial charge in [0.15, 0.2) is 0 Å². The lowest BCUT2D eigenvalue weighted by Gasteiger charge is -2.22. The third kappa shape index (κ3) is 4.78. The molecule has 0 atom stereocenters. The van der Waals surface area contributed by atoms with Crippen LogP contribution in [0.25, 0.3) is 0 Å². The number of rotatable bonds is 3. The summed E-state index contributed by atoms with van der Waals surface area (Å²) in [5, 5.41) is 2.40. The van der Waals surface area contributed by atoms with Crippen LogP contribution in [0.4, 0.5) is 8.68 Å². The minimum Gasteiger partial charge on any atom is -0.444 e. The lowest BCUT2D eigenvalue weighted by molar-refractivity contribution is 0.0502. The Morgan fingerprint density at radius 1 is 1.44 bits per heavy atom. The van der Waals surface area contributed by atoms with Crippen molar-refractivity contribution in [2.24, 2.45) is 0 Å². The number of ether oxygens (including phenoxy) is 1. The molecule has 1 amide bonds. The molecule has 0 heterocycles. The first-order valence-corrected chi connectivity index (χ1v) is 6.50. The van der Waals surface area contributed by atoms with E-state index >= 15 is 0 Å². The molecule has 0 unspecified atom stereocenters. The molecule has 1 aliphatic rings. The number of amides is 1. The third-order valence-corrected chi connectivity index (χ3v) is 2.97. The molecule has 0 bridgehead atoms. The van der Waals surface area contributed by atoms with Crippen LogP contribution in [-0.2, 0) is 15.0 Å². The summed E-state index contributed by atoms with van der Waals surface area (Å²) in [5.41, 5.74) is -1.62. The Bertz CT molecular complexity index is 381. The first kappa shape index (κ1) is 13.2. The molecule has 5 nitrogen and oxygen atoms in total. The molecule has 0 aromatic rings. The molecule has 1 N–H and O–H groups in total. The SMILES string of the molecule is CC(C)(C)OC(=O)NC1(CS(=O)(=O)F)CC1. The molecule has 7 heteroatoms. The molecule has 1 rings (SSSR count). The van der Waals surface area contributed by atoms with E-state index in [4.69, 9.17) is 4.74 Å². The molecular weight excluding hydrogens is 237 g/mol. The minimum atomic E-state index is -4.58. The van der Waals surface area contributed by atoms with E-state index in [1.165, 1.54) is 0 Å². The lowest BCUT2D eigenvalue weighted by Crippen LogP contribution is -2.43. The fourth-order valence-electron chi connectivity index (χ4n) is 1.31. The highest BCUT2D eigenvalue weighted by Crippen LogP contribution is 2.37. The van der Waals surface area contributed by atoms with Gasteiger partial charge in [-0.05, 0) is 33.6 Å². The Morgan fingerprint density at radius 3 is 2.25 bits per heavy atom. The van der Waals surface area contributed by atoms with Crippen LogP contribution in [0.15, 0.2) is 0 Å². The highest BCUT2D eigenvalue weighted by atomic mass is 32.3. The van der Waals surface area contributed by atoms with Crippen molar-refractivity contribution in [1.29, 1.82) is 0 Å². The molecule has 0 spiro atoms. The van der Waals surface area contributed by atoms with E-state index in [1.807, 2.05) is 0 Å². The number of carbonyl (C=O) groups excluding carboxylic acids is 1. The van der Waals surface area contributed by atoms with E-state index in [1.54, 1.807) is 20.8 Å².